The number of carboxylic acid groups (broad SMARTS) is 1. The first-order valence-corrected chi connectivity index (χ1v) is 10.1. The number of carbonyl (C=O) groups is 3. The minimum Gasteiger partial charge on any atom is -0.483 e. The lowest BCUT2D eigenvalue weighted by Gasteiger charge is -2.25. The van der Waals surface area contributed by atoms with Crippen LogP contribution in [-0.2, 0) is 20.9 Å². The van der Waals surface area contributed by atoms with Gasteiger partial charge in [-0.05, 0) is 38.9 Å². The Morgan fingerprint density at radius 1 is 1.23 bits per heavy atom. The Kier molecular flexibility index (Phi) is 8.79. The van der Waals surface area contributed by atoms with E-state index in [-0.39, 0.29) is 24.3 Å². The first-order valence-electron chi connectivity index (χ1n) is 10.1. The number of rotatable bonds is 7. The number of hydrogen-bond donors (Lipinski definition) is 3. The molecule has 0 bridgehead atoms. The maximum atomic E-state index is 12.3. The summed E-state index contributed by atoms with van der Waals surface area (Å²) in [5, 5.41) is 12.6. The van der Waals surface area contributed by atoms with E-state index in [1.807, 2.05) is 38.2 Å². The maximum absolute atomic E-state index is 12.3. The number of hydrogen-bond acceptors (Lipinski definition) is 5. The van der Waals surface area contributed by atoms with Gasteiger partial charge in [0.1, 0.15) is 5.82 Å². The number of amides is 2. The van der Waals surface area contributed by atoms with E-state index >= 15 is 0 Å². The van der Waals surface area contributed by atoms with Gasteiger partial charge < -0.3 is 20.3 Å². The highest BCUT2D eigenvalue weighted by Gasteiger charge is 2.31. The molecule has 1 aliphatic rings. The Morgan fingerprint density at radius 2 is 1.90 bits per heavy atom. The van der Waals surface area contributed by atoms with E-state index in [1.54, 1.807) is 7.05 Å². The lowest BCUT2D eigenvalue weighted by Crippen LogP contribution is -2.42. The first-order chi connectivity index (χ1) is 14.4. The summed E-state index contributed by atoms with van der Waals surface area (Å²) < 4.78 is 2.09. The minimum absolute atomic E-state index is 0.0512. The standard InChI is InChI=1S/C20H29N5O2.CH2O2/c1-14-23-17-6-4-5-7-18(17)25(14)11-10-19(26)22-13-16-9-8-15(24(16)3)12-20(27)21-2;2-1-3/h4-7,15-16H,8-13H2,1-3H3,(H,21,27)(H,22,26);1H,(H,2,3)/t15-,16+;/m1./s1. The van der Waals surface area contributed by atoms with Crippen LogP contribution in [0.2, 0.25) is 0 Å². The van der Waals surface area contributed by atoms with Crippen LogP contribution >= 0.6 is 0 Å². The van der Waals surface area contributed by atoms with Crippen molar-refractivity contribution in [2.45, 2.75) is 51.2 Å². The summed E-state index contributed by atoms with van der Waals surface area (Å²) in [6, 6.07) is 8.54. The Balaban J connectivity index is 0.00000101. The molecule has 3 N–H and O–H groups in total. The van der Waals surface area contributed by atoms with Gasteiger partial charge in [-0.25, -0.2) is 4.98 Å². The van der Waals surface area contributed by atoms with Crippen LogP contribution < -0.4 is 10.6 Å². The number of aryl methyl sites for hydroxylation is 2. The monoisotopic (exact) mass is 417 g/mol. The van der Waals surface area contributed by atoms with Gasteiger partial charge in [-0.2, -0.15) is 0 Å². The Hall–Kier alpha value is -2.94. The zero-order valence-corrected chi connectivity index (χ0v) is 17.8. The molecule has 9 nitrogen and oxygen atoms in total. The average Bonchev–Trinajstić information content (AvgIpc) is 3.24. The molecular weight excluding hydrogens is 386 g/mol. The smallest absolute Gasteiger partial charge is 0.290 e. The van der Waals surface area contributed by atoms with Gasteiger partial charge in [0.05, 0.1) is 11.0 Å². The number of aromatic nitrogens is 2. The molecule has 2 aromatic rings. The number of nitrogens with one attached hydrogen (secondary N) is 2. The minimum atomic E-state index is -0.250. The van der Waals surface area contributed by atoms with Gasteiger partial charge in [-0.1, -0.05) is 12.1 Å². The molecule has 0 unspecified atom stereocenters. The van der Waals surface area contributed by atoms with E-state index in [9.17, 15) is 9.59 Å². The highest BCUT2D eigenvalue weighted by Crippen LogP contribution is 2.24. The Morgan fingerprint density at radius 3 is 2.60 bits per heavy atom. The van der Waals surface area contributed by atoms with Crippen LogP contribution in [-0.4, -0.2) is 70.6 Å². The van der Waals surface area contributed by atoms with Crippen molar-refractivity contribution >= 4 is 29.3 Å². The fourth-order valence-corrected chi connectivity index (χ4v) is 3.91. The van der Waals surface area contributed by atoms with E-state index in [4.69, 9.17) is 9.90 Å². The lowest BCUT2D eigenvalue weighted by molar-refractivity contribution is -0.123. The number of benzene rings is 1. The van der Waals surface area contributed by atoms with Gasteiger partial charge in [-0.15, -0.1) is 0 Å². The molecule has 1 aromatic carbocycles. The van der Waals surface area contributed by atoms with Crippen molar-refractivity contribution in [2.24, 2.45) is 0 Å². The molecular formula is C21H31N5O4. The highest BCUT2D eigenvalue weighted by molar-refractivity contribution is 5.78. The summed E-state index contributed by atoms with van der Waals surface area (Å²) in [6.07, 6.45) is 2.94. The fraction of sp³-hybridized carbons (Fsp3) is 0.524. The van der Waals surface area contributed by atoms with Crippen molar-refractivity contribution in [3.63, 3.8) is 0 Å². The molecule has 9 heteroatoms. The second-order valence-electron chi connectivity index (χ2n) is 7.39. The van der Waals surface area contributed by atoms with Gasteiger partial charge in [0.2, 0.25) is 11.8 Å². The number of carbonyl (C=O) groups excluding carboxylic acids is 2. The predicted molar refractivity (Wildman–Crippen MR) is 114 cm³/mol. The van der Waals surface area contributed by atoms with Crippen LogP contribution in [0.25, 0.3) is 11.0 Å². The molecule has 2 amide bonds. The van der Waals surface area contributed by atoms with E-state index in [2.05, 4.69) is 25.1 Å². The first kappa shape index (κ1) is 23.3. The normalized spacial score (nSPS) is 18.5. The Labute approximate surface area is 176 Å². The number of para-hydroxylation sites is 2. The van der Waals surface area contributed by atoms with Crippen LogP contribution in [0.1, 0.15) is 31.5 Å². The molecule has 0 spiro atoms. The van der Waals surface area contributed by atoms with Gasteiger partial charge in [0.15, 0.2) is 0 Å². The summed E-state index contributed by atoms with van der Waals surface area (Å²) in [4.78, 5) is 39.0. The molecule has 0 saturated carbocycles. The number of likely N-dealkylation sites (N-methyl/N-ethyl adjacent to an activating group) is 1. The quantitative estimate of drug-likeness (QED) is 0.582. The lowest BCUT2D eigenvalue weighted by atomic mass is 10.1. The highest BCUT2D eigenvalue weighted by atomic mass is 16.3. The van der Waals surface area contributed by atoms with E-state index < -0.39 is 0 Å². The van der Waals surface area contributed by atoms with Gasteiger partial charge in [-0.3, -0.25) is 19.3 Å². The summed E-state index contributed by atoms with van der Waals surface area (Å²) in [6.45, 7) is 2.97. The van der Waals surface area contributed by atoms with E-state index in [0.717, 1.165) is 29.7 Å². The molecule has 1 aliphatic heterocycles. The molecule has 3 rings (SSSR count). The topological polar surface area (TPSA) is 117 Å². The van der Waals surface area contributed by atoms with Crippen LogP contribution in [0, 0.1) is 6.92 Å². The second-order valence-corrected chi connectivity index (χ2v) is 7.39. The molecule has 0 aliphatic carbocycles. The van der Waals surface area contributed by atoms with Crippen molar-refractivity contribution in [3.8, 4) is 0 Å². The summed E-state index contributed by atoms with van der Waals surface area (Å²) >= 11 is 0. The number of likely N-dealkylation sites (tertiary alicyclic amines) is 1. The summed E-state index contributed by atoms with van der Waals surface area (Å²) in [5.74, 6) is 1.05. The molecule has 2 heterocycles. The van der Waals surface area contributed by atoms with Crippen LogP contribution in [0.5, 0.6) is 0 Å². The van der Waals surface area contributed by atoms with Crippen molar-refractivity contribution < 1.29 is 19.5 Å². The number of fused-ring (bicyclic) bond motifs is 1. The maximum Gasteiger partial charge on any atom is 0.290 e. The predicted octanol–water partition coefficient (Wildman–Crippen LogP) is 1.15. The van der Waals surface area contributed by atoms with Crippen molar-refractivity contribution in [3.05, 3.63) is 30.1 Å². The van der Waals surface area contributed by atoms with Gasteiger partial charge >= 0.3 is 0 Å². The molecule has 164 valence electrons. The van der Waals surface area contributed by atoms with Gasteiger partial charge in [0.25, 0.3) is 6.47 Å². The number of imidazole rings is 1. The third-order valence-corrected chi connectivity index (χ3v) is 5.63. The third-order valence-electron chi connectivity index (χ3n) is 5.63. The molecule has 1 fully saturated rings. The summed E-state index contributed by atoms with van der Waals surface area (Å²) in [5.41, 5.74) is 2.03. The SMILES string of the molecule is CNC(=O)C[C@H]1CC[C@@H](CNC(=O)CCn2c(C)nc3ccccc32)N1C.O=CO. The fourth-order valence-electron chi connectivity index (χ4n) is 3.91. The molecule has 2 atom stereocenters. The second kappa shape index (κ2) is 11.3. The average molecular weight is 418 g/mol. The van der Waals surface area contributed by atoms with Crippen molar-refractivity contribution in [2.75, 3.05) is 20.6 Å². The van der Waals surface area contributed by atoms with Crippen LogP contribution in [0.15, 0.2) is 24.3 Å². The third kappa shape index (κ3) is 6.03. The van der Waals surface area contributed by atoms with E-state index in [0.29, 0.717) is 32.0 Å². The van der Waals surface area contributed by atoms with Gasteiger partial charge in [0, 0.05) is 45.1 Å². The van der Waals surface area contributed by atoms with Crippen molar-refractivity contribution in [1.29, 1.82) is 0 Å². The summed E-state index contributed by atoms with van der Waals surface area (Å²) in [7, 11) is 3.71. The molecule has 1 saturated heterocycles. The molecule has 0 radical (unpaired) electrons. The largest absolute Gasteiger partial charge is 0.483 e. The molecule has 1 aromatic heterocycles. The zero-order chi connectivity index (χ0) is 22.1. The Bertz CT molecular complexity index is 866. The van der Waals surface area contributed by atoms with E-state index in [1.165, 1.54) is 0 Å². The van der Waals surface area contributed by atoms with Crippen LogP contribution in [0.3, 0.4) is 0 Å². The van der Waals surface area contributed by atoms with Crippen LogP contribution in [0.4, 0.5) is 0 Å². The molecule has 30 heavy (non-hydrogen) atoms. The zero-order valence-electron chi connectivity index (χ0n) is 17.8. The number of nitrogens with zero attached hydrogens (tertiary/aromatic N) is 3. The van der Waals surface area contributed by atoms with Crippen molar-refractivity contribution in [1.82, 2.24) is 25.1 Å².